The second-order valence-electron chi connectivity index (χ2n) is 5.93. The summed E-state index contributed by atoms with van der Waals surface area (Å²) >= 11 is 0. The van der Waals surface area contributed by atoms with E-state index in [0.29, 0.717) is 18.0 Å². The van der Waals surface area contributed by atoms with Gasteiger partial charge in [-0.25, -0.2) is 4.39 Å². The highest BCUT2D eigenvalue weighted by Crippen LogP contribution is 2.29. The van der Waals surface area contributed by atoms with E-state index in [1.165, 1.54) is 30.5 Å². The summed E-state index contributed by atoms with van der Waals surface area (Å²) in [6, 6.07) is 17.8. The first-order valence-electron chi connectivity index (χ1n) is 8.34. The normalized spacial score (nSPS) is 11.6. The van der Waals surface area contributed by atoms with E-state index in [4.69, 9.17) is 4.74 Å². The third kappa shape index (κ3) is 5.57. The molecule has 7 heteroatoms. The molecule has 0 amide bonds. The van der Waals surface area contributed by atoms with Crippen molar-refractivity contribution in [2.45, 2.75) is 12.8 Å². The van der Waals surface area contributed by atoms with Crippen LogP contribution in [-0.4, -0.2) is 6.21 Å². The van der Waals surface area contributed by atoms with Crippen LogP contribution >= 0.6 is 0 Å². The minimum atomic E-state index is -4.36. The van der Waals surface area contributed by atoms with Gasteiger partial charge in [-0.1, -0.05) is 24.3 Å². The number of alkyl halides is 3. The molecule has 0 spiro atoms. The van der Waals surface area contributed by atoms with E-state index in [0.717, 1.165) is 23.3 Å². The lowest BCUT2D eigenvalue weighted by Gasteiger charge is -2.07. The van der Waals surface area contributed by atoms with E-state index in [1.807, 2.05) is 6.07 Å². The van der Waals surface area contributed by atoms with Crippen LogP contribution in [0.5, 0.6) is 5.75 Å². The first kappa shape index (κ1) is 19.4. The summed E-state index contributed by atoms with van der Waals surface area (Å²) in [6.07, 6.45) is -2.83. The molecule has 3 aromatic carbocycles. The predicted molar refractivity (Wildman–Crippen MR) is 99.8 cm³/mol. The Morgan fingerprint density at radius 1 is 0.929 bits per heavy atom. The molecule has 0 aliphatic carbocycles. The SMILES string of the molecule is Fc1ccc(COc2cccc(C=NNc3ccc(C(F)(F)F)cc3)c2)cc1. The van der Waals surface area contributed by atoms with Gasteiger partial charge in [-0.05, 0) is 59.7 Å². The largest absolute Gasteiger partial charge is 0.489 e. The Labute approximate surface area is 159 Å². The smallest absolute Gasteiger partial charge is 0.416 e. The zero-order chi connectivity index (χ0) is 20.0. The zero-order valence-corrected chi connectivity index (χ0v) is 14.6. The van der Waals surface area contributed by atoms with Crippen LogP contribution in [0, 0.1) is 5.82 Å². The monoisotopic (exact) mass is 388 g/mol. The van der Waals surface area contributed by atoms with Crippen molar-refractivity contribution in [1.29, 1.82) is 0 Å². The molecule has 0 heterocycles. The average Bonchev–Trinajstić information content (AvgIpc) is 2.68. The summed E-state index contributed by atoms with van der Waals surface area (Å²) in [4.78, 5) is 0. The first-order chi connectivity index (χ1) is 13.4. The minimum absolute atomic E-state index is 0.296. The minimum Gasteiger partial charge on any atom is -0.489 e. The summed E-state index contributed by atoms with van der Waals surface area (Å²) in [5, 5.41) is 4.02. The van der Waals surface area contributed by atoms with E-state index in [1.54, 1.807) is 30.3 Å². The number of rotatable bonds is 6. The molecule has 144 valence electrons. The maximum Gasteiger partial charge on any atom is 0.416 e. The van der Waals surface area contributed by atoms with Crippen molar-refractivity contribution in [3.63, 3.8) is 0 Å². The van der Waals surface area contributed by atoms with Crippen molar-refractivity contribution < 1.29 is 22.3 Å². The fraction of sp³-hybridized carbons (Fsp3) is 0.0952. The lowest BCUT2D eigenvalue weighted by Crippen LogP contribution is -2.04. The molecule has 0 aliphatic heterocycles. The van der Waals surface area contributed by atoms with Gasteiger partial charge in [0.1, 0.15) is 18.2 Å². The van der Waals surface area contributed by atoms with Crippen LogP contribution in [0.15, 0.2) is 77.9 Å². The Balaban J connectivity index is 1.57. The molecular formula is C21H16F4N2O. The van der Waals surface area contributed by atoms with E-state index >= 15 is 0 Å². The predicted octanol–water partition coefficient (Wildman–Crippen LogP) is 5.87. The van der Waals surface area contributed by atoms with Crippen molar-refractivity contribution >= 4 is 11.9 Å². The van der Waals surface area contributed by atoms with Crippen LogP contribution in [0.4, 0.5) is 23.2 Å². The molecule has 3 nitrogen and oxygen atoms in total. The van der Waals surface area contributed by atoms with Crippen LogP contribution in [-0.2, 0) is 12.8 Å². The van der Waals surface area contributed by atoms with Crippen LogP contribution in [0.1, 0.15) is 16.7 Å². The highest BCUT2D eigenvalue weighted by atomic mass is 19.4. The van der Waals surface area contributed by atoms with Gasteiger partial charge in [0.15, 0.2) is 0 Å². The molecule has 0 aliphatic rings. The van der Waals surface area contributed by atoms with E-state index < -0.39 is 11.7 Å². The number of hydrazone groups is 1. The summed E-state index contributed by atoms with van der Waals surface area (Å²) in [6.45, 7) is 0.296. The van der Waals surface area contributed by atoms with Gasteiger partial charge in [0, 0.05) is 0 Å². The van der Waals surface area contributed by atoms with Crippen LogP contribution in [0.2, 0.25) is 0 Å². The van der Waals surface area contributed by atoms with Gasteiger partial charge >= 0.3 is 6.18 Å². The number of nitrogens with zero attached hydrogens (tertiary/aromatic N) is 1. The van der Waals surface area contributed by atoms with Crippen molar-refractivity contribution in [3.05, 3.63) is 95.3 Å². The van der Waals surface area contributed by atoms with Gasteiger partial charge in [0.2, 0.25) is 0 Å². The van der Waals surface area contributed by atoms with Gasteiger partial charge in [0.05, 0.1) is 17.5 Å². The Hall–Kier alpha value is -3.35. The summed E-state index contributed by atoms with van der Waals surface area (Å²) in [5.74, 6) is 0.310. The number of nitrogens with one attached hydrogen (secondary N) is 1. The Kier molecular flexibility index (Phi) is 5.93. The number of hydrogen-bond donors (Lipinski definition) is 1. The van der Waals surface area contributed by atoms with Gasteiger partial charge in [-0.15, -0.1) is 0 Å². The first-order valence-corrected chi connectivity index (χ1v) is 8.34. The second-order valence-corrected chi connectivity index (χ2v) is 5.93. The summed E-state index contributed by atoms with van der Waals surface area (Å²) in [5.41, 5.74) is 3.99. The molecular weight excluding hydrogens is 372 g/mol. The molecule has 1 N–H and O–H groups in total. The van der Waals surface area contributed by atoms with Gasteiger partial charge in [-0.2, -0.15) is 18.3 Å². The lowest BCUT2D eigenvalue weighted by atomic mass is 10.2. The average molecular weight is 388 g/mol. The van der Waals surface area contributed by atoms with Crippen molar-refractivity contribution in [3.8, 4) is 5.75 Å². The highest BCUT2D eigenvalue weighted by molar-refractivity contribution is 5.80. The molecule has 28 heavy (non-hydrogen) atoms. The molecule has 0 unspecified atom stereocenters. The molecule has 0 aromatic heterocycles. The van der Waals surface area contributed by atoms with Crippen molar-refractivity contribution in [2.75, 3.05) is 5.43 Å². The number of anilines is 1. The van der Waals surface area contributed by atoms with Crippen LogP contribution in [0.25, 0.3) is 0 Å². The third-order valence-electron chi connectivity index (χ3n) is 3.80. The Morgan fingerprint density at radius 2 is 1.64 bits per heavy atom. The Bertz CT molecular complexity index is 936. The molecule has 3 aromatic rings. The molecule has 0 atom stereocenters. The molecule has 0 saturated heterocycles. The highest BCUT2D eigenvalue weighted by Gasteiger charge is 2.29. The second kappa shape index (κ2) is 8.56. The maximum atomic E-state index is 12.9. The summed E-state index contributed by atoms with van der Waals surface area (Å²) in [7, 11) is 0. The summed E-state index contributed by atoms with van der Waals surface area (Å²) < 4.78 is 56.2. The molecule has 0 fully saturated rings. The lowest BCUT2D eigenvalue weighted by molar-refractivity contribution is -0.137. The standard InChI is InChI=1S/C21H16F4N2O/c22-18-8-4-15(5-9-18)14-28-20-3-1-2-16(12-20)13-26-27-19-10-6-17(7-11-19)21(23,24)25/h1-13,27H,14H2. The number of benzene rings is 3. The van der Waals surface area contributed by atoms with Crippen LogP contribution < -0.4 is 10.2 Å². The van der Waals surface area contributed by atoms with Gasteiger partial charge in [0.25, 0.3) is 0 Å². The molecule has 0 saturated carbocycles. The zero-order valence-electron chi connectivity index (χ0n) is 14.6. The number of halogens is 4. The third-order valence-corrected chi connectivity index (χ3v) is 3.80. The van der Waals surface area contributed by atoms with Gasteiger partial charge < -0.3 is 4.74 Å². The quantitative estimate of drug-likeness (QED) is 0.326. The van der Waals surface area contributed by atoms with E-state index in [-0.39, 0.29) is 5.82 Å². The van der Waals surface area contributed by atoms with E-state index in [2.05, 4.69) is 10.5 Å². The maximum absolute atomic E-state index is 12.9. The van der Waals surface area contributed by atoms with Crippen LogP contribution in [0.3, 0.4) is 0 Å². The number of hydrogen-bond acceptors (Lipinski definition) is 3. The van der Waals surface area contributed by atoms with Gasteiger partial charge in [-0.3, -0.25) is 5.43 Å². The fourth-order valence-corrected chi connectivity index (χ4v) is 2.35. The number of ether oxygens (including phenoxy) is 1. The molecule has 0 radical (unpaired) electrons. The van der Waals surface area contributed by atoms with Crippen molar-refractivity contribution in [2.24, 2.45) is 5.10 Å². The fourth-order valence-electron chi connectivity index (χ4n) is 2.35. The molecule has 0 bridgehead atoms. The molecule has 3 rings (SSSR count). The topological polar surface area (TPSA) is 33.6 Å². The Morgan fingerprint density at radius 3 is 2.32 bits per heavy atom. The van der Waals surface area contributed by atoms with Crippen molar-refractivity contribution in [1.82, 2.24) is 0 Å². The van der Waals surface area contributed by atoms with E-state index in [9.17, 15) is 17.6 Å².